The van der Waals surface area contributed by atoms with Crippen molar-refractivity contribution < 1.29 is 19.1 Å². The highest BCUT2D eigenvalue weighted by Gasteiger charge is 2.06. The van der Waals surface area contributed by atoms with Gasteiger partial charge in [0.15, 0.2) is 0 Å². The van der Waals surface area contributed by atoms with Gasteiger partial charge in [-0.2, -0.15) is 23.5 Å². The molecule has 0 rings (SSSR count). The molecular formula is C26H50O4S2. The maximum Gasteiger partial charge on any atom is 0.316 e. The van der Waals surface area contributed by atoms with E-state index in [4.69, 9.17) is 9.47 Å². The maximum absolute atomic E-state index is 11.7. The van der Waals surface area contributed by atoms with Gasteiger partial charge in [-0.1, -0.05) is 104 Å². The molecule has 0 amide bonds. The van der Waals surface area contributed by atoms with Crippen LogP contribution in [0.4, 0.5) is 0 Å². The van der Waals surface area contributed by atoms with Crippen molar-refractivity contribution in [3.8, 4) is 0 Å². The molecule has 0 aliphatic rings. The Hall–Kier alpha value is -0.360. The lowest BCUT2D eigenvalue weighted by atomic mass is 10.1. The van der Waals surface area contributed by atoms with Crippen molar-refractivity contribution in [2.75, 3.05) is 36.2 Å². The van der Waals surface area contributed by atoms with Crippen LogP contribution in [0.3, 0.4) is 0 Å². The van der Waals surface area contributed by atoms with E-state index < -0.39 is 0 Å². The van der Waals surface area contributed by atoms with E-state index in [-0.39, 0.29) is 25.2 Å². The van der Waals surface area contributed by atoms with Crippen LogP contribution in [-0.2, 0) is 19.1 Å². The first-order chi connectivity index (χ1) is 15.7. The topological polar surface area (TPSA) is 52.6 Å². The predicted molar refractivity (Wildman–Crippen MR) is 142 cm³/mol. The molecular weight excluding hydrogens is 440 g/mol. The van der Waals surface area contributed by atoms with Gasteiger partial charge in [0.1, 0.15) is 13.2 Å². The van der Waals surface area contributed by atoms with Crippen LogP contribution in [0.15, 0.2) is 0 Å². The Balaban J connectivity index is 3.29. The summed E-state index contributed by atoms with van der Waals surface area (Å²) in [5, 5.41) is 0. The number of unbranched alkanes of at least 4 members (excludes halogenated alkanes) is 14. The minimum absolute atomic E-state index is 0.158. The third-order valence-corrected chi connectivity index (χ3v) is 7.37. The summed E-state index contributed by atoms with van der Waals surface area (Å²) in [5.74, 6) is 2.37. The van der Waals surface area contributed by atoms with E-state index in [9.17, 15) is 9.59 Å². The summed E-state index contributed by atoms with van der Waals surface area (Å²) in [7, 11) is 0. The van der Waals surface area contributed by atoms with Gasteiger partial charge in [-0.25, -0.2) is 0 Å². The van der Waals surface area contributed by atoms with E-state index in [0.717, 1.165) is 11.5 Å². The van der Waals surface area contributed by atoms with Crippen molar-refractivity contribution >= 4 is 35.5 Å². The number of ether oxygens (including phenoxy) is 2. The lowest BCUT2D eigenvalue weighted by molar-refractivity contribution is -0.148. The molecule has 0 saturated carbocycles. The molecule has 0 radical (unpaired) electrons. The average Bonchev–Trinajstić information content (AvgIpc) is 2.79. The van der Waals surface area contributed by atoms with E-state index in [1.165, 1.54) is 103 Å². The number of hydrogen-bond acceptors (Lipinski definition) is 6. The second-order valence-corrected chi connectivity index (χ2v) is 10.7. The number of thioether (sulfide) groups is 2. The summed E-state index contributed by atoms with van der Waals surface area (Å²) in [6, 6.07) is 0. The zero-order valence-electron chi connectivity index (χ0n) is 21.0. The maximum atomic E-state index is 11.7. The number of hydrogen-bond donors (Lipinski definition) is 0. The van der Waals surface area contributed by atoms with Crippen LogP contribution in [0.5, 0.6) is 0 Å². The summed E-state index contributed by atoms with van der Waals surface area (Å²) in [6.07, 6.45) is 20.9. The summed E-state index contributed by atoms with van der Waals surface area (Å²) in [6.45, 7) is 4.80. The van der Waals surface area contributed by atoms with Gasteiger partial charge in [-0.3, -0.25) is 9.59 Å². The first kappa shape index (κ1) is 31.6. The van der Waals surface area contributed by atoms with Crippen LogP contribution in [0, 0.1) is 0 Å². The molecule has 0 aromatic rings. The summed E-state index contributed by atoms with van der Waals surface area (Å²) in [4.78, 5) is 23.4. The van der Waals surface area contributed by atoms with Crippen molar-refractivity contribution in [1.29, 1.82) is 0 Å². The Morgan fingerprint density at radius 1 is 0.500 bits per heavy atom. The largest absolute Gasteiger partial charge is 0.461 e. The van der Waals surface area contributed by atoms with Gasteiger partial charge < -0.3 is 9.47 Å². The highest BCUT2D eigenvalue weighted by molar-refractivity contribution is 8.00. The SMILES string of the molecule is CCCCCCCCCCSCC(=O)OCCOC(=O)CSCCCCCCCCCC. The smallest absolute Gasteiger partial charge is 0.316 e. The first-order valence-electron chi connectivity index (χ1n) is 13.2. The van der Waals surface area contributed by atoms with Gasteiger partial charge in [0.05, 0.1) is 11.5 Å². The quantitative estimate of drug-likeness (QED) is 0.0960. The second kappa shape index (κ2) is 26.9. The zero-order valence-corrected chi connectivity index (χ0v) is 22.6. The predicted octanol–water partition coefficient (Wildman–Crippen LogP) is 7.82. The molecule has 0 bridgehead atoms. The number of rotatable bonds is 25. The Labute approximate surface area is 207 Å². The van der Waals surface area contributed by atoms with Crippen LogP contribution < -0.4 is 0 Å². The van der Waals surface area contributed by atoms with Crippen molar-refractivity contribution in [2.24, 2.45) is 0 Å². The van der Waals surface area contributed by atoms with Crippen LogP contribution in [0.1, 0.15) is 117 Å². The molecule has 0 aliphatic carbocycles. The van der Waals surface area contributed by atoms with Gasteiger partial charge in [-0.15, -0.1) is 0 Å². The molecule has 0 fully saturated rings. The highest BCUT2D eigenvalue weighted by atomic mass is 32.2. The Morgan fingerprint density at radius 3 is 1.16 bits per heavy atom. The molecule has 0 unspecified atom stereocenters. The van der Waals surface area contributed by atoms with Gasteiger partial charge in [0.2, 0.25) is 0 Å². The fourth-order valence-electron chi connectivity index (χ4n) is 3.38. The molecule has 0 N–H and O–H groups in total. The van der Waals surface area contributed by atoms with Gasteiger partial charge in [0.25, 0.3) is 0 Å². The highest BCUT2D eigenvalue weighted by Crippen LogP contribution is 2.12. The minimum Gasteiger partial charge on any atom is -0.461 e. The average molecular weight is 491 g/mol. The van der Waals surface area contributed by atoms with Crippen molar-refractivity contribution in [3.05, 3.63) is 0 Å². The lowest BCUT2D eigenvalue weighted by Gasteiger charge is -2.07. The zero-order chi connectivity index (χ0) is 23.5. The van der Waals surface area contributed by atoms with E-state index in [1.54, 1.807) is 23.5 Å². The number of esters is 2. The van der Waals surface area contributed by atoms with Crippen molar-refractivity contribution in [3.63, 3.8) is 0 Å². The van der Waals surface area contributed by atoms with Crippen LogP contribution in [0.25, 0.3) is 0 Å². The normalized spacial score (nSPS) is 10.9. The lowest BCUT2D eigenvalue weighted by Crippen LogP contribution is -2.16. The van der Waals surface area contributed by atoms with E-state index in [2.05, 4.69) is 13.8 Å². The number of carbonyl (C=O) groups is 2. The molecule has 0 spiro atoms. The number of carbonyl (C=O) groups excluding carboxylic acids is 2. The minimum atomic E-state index is -0.213. The Bertz CT molecular complexity index is 381. The van der Waals surface area contributed by atoms with Crippen LogP contribution in [0.2, 0.25) is 0 Å². The van der Waals surface area contributed by atoms with Crippen LogP contribution in [-0.4, -0.2) is 48.2 Å². The monoisotopic (exact) mass is 490 g/mol. The molecule has 0 aromatic heterocycles. The van der Waals surface area contributed by atoms with Gasteiger partial charge in [0, 0.05) is 0 Å². The van der Waals surface area contributed by atoms with E-state index in [1.807, 2.05) is 0 Å². The third-order valence-electron chi connectivity index (χ3n) is 5.33. The standard InChI is InChI=1S/C26H50O4S2/c1-3-5-7-9-11-13-15-17-21-31-23-25(27)29-19-20-30-26(28)24-32-22-18-16-14-12-10-8-6-4-2/h3-24H2,1-2H3. The molecule has 190 valence electrons. The molecule has 0 saturated heterocycles. The Kier molecular flexibility index (Phi) is 26.6. The fourth-order valence-corrected chi connectivity index (χ4v) is 4.99. The molecule has 6 heteroatoms. The van der Waals surface area contributed by atoms with Crippen molar-refractivity contribution in [2.45, 2.75) is 117 Å². The van der Waals surface area contributed by atoms with Crippen molar-refractivity contribution in [1.82, 2.24) is 0 Å². The molecule has 0 aliphatic heterocycles. The fraction of sp³-hybridized carbons (Fsp3) is 0.923. The van der Waals surface area contributed by atoms with Gasteiger partial charge >= 0.3 is 11.9 Å². The van der Waals surface area contributed by atoms with Gasteiger partial charge in [-0.05, 0) is 24.3 Å². The molecule has 32 heavy (non-hydrogen) atoms. The molecule has 0 heterocycles. The molecule has 0 aromatic carbocycles. The molecule has 0 atom stereocenters. The van der Waals surface area contributed by atoms with Crippen LogP contribution >= 0.6 is 23.5 Å². The van der Waals surface area contributed by atoms with E-state index >= 15 is 0 Å². The Morgan fingerprint density at radius 2 is 0.812 bits per heavy atom. The second-order valence-electron chi connectivity index (χ2n) is 8.50. The summed E-state index contributed by atoms with van der Waals surface area (Å²) in [5.41, 5.74) is 0. The summed E-state index contributed by atoms with van der Waals surface area (Å²) < 4.78 is 10.3. The third kappa shape index (κ3) is 25.9. The van der Waals surface area contributed by atoms with E-state index in [0.29, 0.717) is 11.5 Å². The first-order valence-corrected chi connectivity index (χ1v) is 15.5. The molecule has 4 nitrogen and oxygen atoms in total. The summed E-state index contributed by atoms with van der Waals surface area (Å²) >= 11 is 3.27.